The smallest absolute Gasteiger partial charge is 0.239 e. The summed E-state index contributed by atoms with van der Waals surface area (Å²) < 4.78 is 0. The van der Waals surface area contributed by atoms with Crippen LogP contribution >= 0.6 is 11.6 Å². The van der Waals surface area contributed by atoms with Gasteiger partial charge >= 0.3 is 0 Å². The summed E-state index contributed by atoms with van der Waals surface area (Å²) >= 11 is 5.70. The molecule has 18 heavy (non-hydrogen) atoms. The van der Waals surface area contributed by atoms with Gasteiger partial charge in [-0.15, -0.1) is 0 Å². The van der Waals surface area contributed by atoms with Crippen LogP contribution in [0.3, 0.4) is 0 Å². The second-order valence-electron chi connectivity index (χ2n) is 4.05. The molecule has 0 aliphatic heterocycles. The van der Waals surface area contributed by atoms with Crippen LogP contribution in [0.25, 0.3) is 0 Å². The van der Waals surface area contributed by atoms with E-state index in [1.165, 1.54) is 0 Å². The van der Waals surface area contributed by atoms with Gasteiger partial charge in [0.25, 0.3) is 0 Å². The maximum atomic E-state index is 11.5. The first-order valence-corrected chi connectivity index (χ1v) is 5.99. The van der Waals surface area contributed by atoms with E-state index >= 15 is 0 Å². The summed E-state index contributed by atoms with van der Waals surface area (Å²) in [5.41, 5.74) is 0. The number of aromatic nitrogens is 3. The molecular formula is C10H17ClN6O. The highest BCUT2D eigenvalue weighted by Gasteiger charge is 2.06. The Bertz CT molecular complexity index is 411. The molecule has 0 saturated heterocycles. The van der Waals surface area contributed by atoms with Gasteiger partial charge in [-0.05, 0) is 17.5 Å². The first-order chi connectivity index (χ1) is 8.51. The van der Waals surface area contributed by atoms with Crippen molar-refractivity contribution in [2.24, 2.45) is 5.92 Å². The summed E-state index contributed by atoms with van der Waals surface area (Å²) in [4.78, 5) is 23.2. The molecule has 0 saturated carbocycles. The largest absolute Gasteiger partial charge is 0.357 e. The summed E-state index contributed by atoms with van der Waals surface area (Å²) in [5, 5.41) is 8.38. The third kappa shape index (κ3) is 5.13. The van der Waals surface area contributed by atoms with Gasteiger partial charge in [-0.25, -0.2) is 0 Å². The van der Waals surface area contributed by atoms with E-state index in [0.717, 1.165) is 0 Å². The average molecular weight is 273 g/mol. The molecule has 0 aromatic carbocycles. The molecule has 0 aliphatic rings. The van der Waals surface area contributed by atoms with Gasteiger partial charge in [0.05, 0.1) is 6.54 Å². The lowest BCUT2D eigenvalue weighted by molar-refractivity contribution is -0.119. The second kappa shape index (κ2) is 6.95. The third-order valence-corrected chi connectivity index (χ3v) is 2.12. The highest BCUT2D eigenvalue weighted by atomic mass is 35.5. The van der Waals surface area contributed by atoms with Crippen molar-refractivity contribution in [3.05, 3.63) is 5.28 Å². The zero-order chi connectivity index (χ0) is 13.5. The van der Waals surface area contributed by atoms with E-state index in [0.29, 0.717) is 18.4 Å². The van der Waals surface area contributed by atoms with Crippen LogP contribution in [0.5, 0.6) is 0 Å². The van der Waals surface area contributed by atoms with Crippen molar-refractivity contribution in [3.63, 3.8) is 0 Å². The molecule has 0 bridgehead atoms. The summed E-state index contributed by atoms with van der Waals surface area (Å²) in [5.74, 6) is 0.904. The summed E-state index contributed by atoms with van der Waals surface area (Å²) in [6, 6.07) is 0. The highest BCUT2D eigenvalue weighted by Crippen LogP contribution is 2.08. The standard InChI is InChI=1S/C10H17ClN6O/c1-6(2)4-13-7(18)5-14-10-16-8(11)15-9(12-3)17-10/h6H,4-5H2,1-3H3,(H,13,18)(H2,12,14,15,16,17). The first kappa shape index (κ1) is 14.4. The number of amides is 1. The van der Waals surface area contributed by atoms with Gasteiger partial charge in [0.15, 0.2) is 0 Å². The number of nitrogens with one attached hydrogen (secondary N) is 3. The van der Waals surface area contributed by atoms with E-state index in [1.807, 2.05) is 13.8 Å². The van der Waals surface area contributed by atoms with Crippen LogP contribution in [-0.2, 0) is 4.79 Å². The Labute approximate surface area is 111 Å². The summed E-state index contributed by atoms with van der Waals surface area (Å²) in [6.07, 6.45) is 0. The maximum Gasteiger partial charge on any atom is 0.239 e. The molecule has 0 aliphatic carbocycles. The molecule has 8 heteroatoms. The molecule has 1 aromatic heterocycles. The number of nitrogens with zero attached hydrogens (tertiary/aromatic N) is 3. The van der Waals surface area contributed by atoms with E-state index in [-0.39, 0.29) is 23.7 Å². The van der Waals surface area contributed by atoms with Crippen LogP contribution in [0.15, 0.2) is 0 Å². The van der Waals surface area contributed by atoms with Crippen LogP contribution in [0.2, 0.25) is 5.28 Å². The molecule has 0 unspecified atom stereocenters. The van der Waals surface area contributed by atoms with Crippen LogP contribution in [0.4, 0.5) is 11.9 Å². The van der Waals surface area contributed by atoms with Crippen molar-refractivity contribution in [1.29, 1.82) is 0 Å². The van der Waals surface area contributed by atoms with Crippen molar-refractivity contribution in [3.8, 4) is 0 Å². The first-order valence-electron chi connectivity index (χ1n) is 5.61. The molecule has 7 nitrogen and oxygen atoms in total. The molecule has 0 spiro atoms. The lowest BCUT2D eigenvalue weighted by atomic mass is 10.2. The lowest BCUT2D eigenvalue weighted by Gasteiger charge is -2.09. The van der Waals surface area contributed by atoms with Crippen molar-refractivity contribution >= 4 is 29.4 Å². The normalized spacial score (nSPS) is 10.3. The van der Waals surface area contributed by atoms with E-state index in [1.54, 1.807) is 7.05 Å². The minimum absolute atomic E-state index is 0.0689. The SMILES string of the molecule is CNc1nc(Cl)nc(NCC(=O)NCC(C)C)n1. The molecule has 1 aromatic rings. The fourth-order valence-electron chi connectivity index (χ4n) is 1.08. The van der Waals surface area contributed by atoms with Gasteiger partial charge < -0.3 is 16.0 Å². The second-order valence-corrected chi connectivity index (χ2v) is 4.39. The molecule has 1 heterocycles. The van der Waals surface area contributed by atoms with Gasteiger partial charge in [-0.2, -0.15) is 15.0 Å². The molecule has 3 N–H and O–H groups in total. The lowest BCUT2D eigenvalue weighted by Crippen LogP contribution is -2.32. The van der Waals surface area contributed by atoms with Crippen molar-refractivity contribution in [2.75, 3.05) is 30.8 Å². The Hall–Kier alpha value is -1.63. The predicted octanol–water partition coefficient (Wildman–Crippen LogP) is 0.751. The Kier molecular flexibility index (Phi) is 5.57. The maximum absolute atomic E-state index is 11.5. The summed E-state index contributed by atoms with van der Waals surface area (Å²) in [7, 11) is 1.67. The zero-order valence-corrected chi connectivity index (χ0v) is 11.4. The van der Waals surface area contributed by atoms with Crippen LogP contribution in [0, 0.1) is 5.92 Å². The number of rotatable bonds is 6. The fraction of sp³-hybridized carbons (Fsp3) is 0.600. The Morgan fingerprint density at radius 3 is 2.56 bits per heavy atom. The topological polar surface area (TPSA) is 91.8 Å². The molecular weight excluding hydrogens is 256 g/mol. The van der Waals surface area contributed by atoms with Crippen LogP contribution in [0.1, 0.15) is 13.8 Å². The summed E-state index contributed by atoms with van der Waals surface area (Å²) in [6.45, 7) is 4.79. The van der Waals surface area contributed by atoms with Gasteiger partial charge in [-0.1, -0.05) is 13.8 Å². The Morgan fingerprint density at radius 1 is 1.28 bits per heavy atom. The molecule has 0 fully saturated rings. The molecule has 100 valence electrons. The van der Waals surface area contributed by atoms with E-state index < -0.39 is 0 Å². The monoisotopic (exact) mass is 272 g/mol. The number of halogens is 1. The molecule has 0 atom stereocenters. The van der Waals surface area contributed by atoms with E-state index in [2.05, 4.69) is 30.9 Å². The number of carbonyl (C=O) groups is 1. The number of anilines is 2. The van der Waals surface area contributed by atoms with Gasteiger partial charge in [0.2, 0.25) is 23.1 Å². The Balaban J connectivity index is 2.47. The minimum atomic E-state index is -0.119. The van der Waals surface area contributed by atoms with Crippen LogP contribution in [-0.4, -0.2) is 41.0 Å². The predicted molar refractivity (Wildman–Crippen MR) is 70.7 cm³/mol. The van der Waals surface area contributed by atoms with E-state index in [9.17, 15) is 4.79 Å². The zero-order valence-electron chi connectivity index (χ0n) is 10.6. The van der Waals surface area contributed by atoms with Gasteiger partial charge in [-0.3, -0.25) is 4.79 Å². The van der Waals surface area contributed by atoms with Crippen molar-refractivity contribution in [1.82, 2.24) is 20.3 Å². The molecule has 0 radical (unpaired) electrons. The highest BCUT2D eigenvalue weighted by molar-refractivity contribution is 6.28. The number of hydrogen-bond acceptors (Lipinski definition) is 6. The van der Waals surface area contributed by atoms with Gasteiger partial charge in [0, 0.05) is 13.6 Å². The molecule has 1 rings (SSSR count). The van der Waals surface area contributed by atoms with Crippen LogP contribution < -0.4 is 16.0 Å². The average Bonchev–Trinajstić information content (AvgIpc) is 2.33. The Morgan fingerprint density at radius 2 is 1.94 bits per heavy atom. The molecule has 1 amide bonds. The van der Waals surface area contributed by atoms with Crippen molar-refractivity contribution < 1.29 is 4.79 Å². The number of hydrogen-bond donors (Lipinski definition) is 3. The third-order valence-electron chi connectivity index (χ3n) is 1.95. The van der Waals surface area contributed by atoms with E-state index in [4.69, 9.17) is 11.6 Å². The fourth-order valence-corrected chi connectivity index (χ4v) is 1.24. The van der Waals surface area contributed by atoms with Crippen molar-refractivity contribution in [2.45, 2.75) is 13.8 Å². The quantitative estimate of drug-likeness (QED) is 0.708. The van der Waals surface area contributed by atoms with Gasteiger partial charge in [0.1, 0.15) is 0 Å². The number of carbonyl (C=O) groups excluding carboxylic acids is 1. The minimum Gasteiger partial charge on any atom is -0.357 e.